The van der Waals surface area contributed by atoms with Gasteiger partial charge in [-0.25, -0.2) is 0 Å². The van der Waals surface area contributed by atoms with E-state index in [9.17, 15) is 34.8 Å². The highest BCUT2D eigenvalue weighted by molar-refractivity contribution is 5.97. The van der Waals surface area contributed by atoms with Gasteiger partial charge in [-0.2, -0.15) is 0 Å². The van der Waals surface area contributed by atoms with Crippen molar-refractivity contribution in [2.75, 3.05) is 6.61 Å². The number of hydrogen-bond donors (Lipinski definition) is 4. The largest absolute Gasteiger partial charge is 0.456 e. The van der Waals surface area contributed by atoms with E-state index >= 15 is 0 Å². The zero-order valence-electron chi connectivity index (χ0n) is 25.3. The molecule has 3 fully saturated rings. The van der Waals surface area contributed by atoms with Crippen LogP contribution in [0.15, 0.2) is 23.8 Å². The van der Waals surface area contributed by atoms with Crippen LogP contribution in [0.1, 0.15) is 87.5 Å². The van der Waals surface area contributed by atoms with Crippen molar-refractivity contribution < 1.29 is 39.5 Å². The van der Waals surface area contributed by atoms with Crippen LogP contribution in [0.4, 0.5) is 0 Å². The molecule has 1 unspecified atom stereocenters. The molecule has 224 valence electrons. The van der Waals surface area contributed by atoms with Gasteiger partial charge in [-0.05, 0) is 81.3 Å². The average Bonchev–Trinajstić information content (AvgIpc) is 3.03. The summed E-state index contributed by atoms with van der Waals surface area (Å²) < 4.78 is 5.23. The Bertz CT molecular complexity index is 1150. The summed E-state index contributed by atoms with van der Waals surface area (Å²) in [6, 6.07) is 0. The molecule has 0 heterocycles. The molecule has 0 radical (unpaired) electrons. The molecule has 3 saturated carbocycles. The summed E-state index contributed by atoms with van der Waals surface area (Å²) in [7, 11) is 0. The molecular weight excluding hydrogens is 512 g/mol. The van der Waals surface area contributed by atoms with Gasteiger partial charge in [-0.15, -0.1) is 0 Å². The smallest absolute Gasteiger partial charge is 0.303 e. The van der Waals surface area contributed by atoms with E-state index in [1.54, 1.807) is 13.8 Å². The number of aliphatic hydroxyl groups is 4. The first-order valence-corrected chi connectivity index (χ1v) is 14.6. The second-order valence-electron chi connectivity index (χ2n) is 14.7. The average molecular weight is 561 g/mol. The highest BCUT2D eigenvalue weighted by Crippen LogP contribution is 2.74. The van der Waals surface area contributed by atoms with Crippen LogP contribution in [0.2, 0.25) is 0 Å². The van der Waals surface area contributed by atoms with Gasteiger partial charge in [0.25, 0.3) is 0 Å². The lowest BCUT2D eigenvalue weighted by molar-refractivity contribution is -0.191. The molecule has 4 aliphatic carbocycles. The number of Topliss-reactive ketones (excluding diaryl/α,β-unsaturated/α-hetero) is 1. The van der Waals surface area contributed by atoms with Crippen molar-refractivity contribution in [1.29, 1.82) is 0 Å². The fourth-order valence-electron chi connectivity index (χ4n) is 9.56. The van der Waals surface area contributed by atoms with Crippen LogP contribution in [0, 0.1) is 39.4 Å². The van der Waals surface area contributed by atoms with Crippen LogP contribution >= 0.6 is 0 Å². The molecule has 0 spiro atoms. The molecule has 0 aromatic rings. The maximum atomic E-state index is 14.4. The van der Waals surface area contributed by atoms with E-state index in [2.05, 4.69) is 6.08 Å². The SMILES string of the molecule is CC(=O)OC(C)(C)/C=C/C(=O)[C@](C)(O)[C@H]1[C@H](O)C[C@@]2(C)[C@@H]3CC=C4[C@@H](CCC(O)C4(C)C)[C@]3(CO)C(=O)C[C@]12C. The van der Waals surface area contributed by atoms with E-state index in [0.717, 1.165) is 5.57 Å². The number of esters is 1. The van der Waals surface area contributed by atoms with Crippen LogP contribution in [0.25, 0.3) is 0 Å². The van der Waals surface area contributed by atoms with E-state index in [-0.39, 0.29) is 37.1 Å². The van der Waals surface area contributed by atoms with E-state index in [0.29, 0.717) is 19.3 Å². The van der Waals surface area contributed by atoms with E-state index in [1.165, 1.54) is 26.0 Å². The number of fused-ring (bicyclic) bond motifs is 5. The van der Waals surface area contributed by atoms with Crippen LogP contribution in [-0.4, -0.2) is 68.0 Å². The third-order valence-electron chi connectivity index (χ3n) is 11.7. The molecule has 0 aliphatic heterocycles. The predicted octanol–water partition coefficient (Wildman–Crippen LogP) is 3.29. The molecule has 0 aromatic heterocycles. The summed E-state index contributed by atoms with van der Waals surface area (Å²) >= 11 is 0. The first kappa shape index (κ1) is 31.1. The number of ketones is 2. The molecule has 40 heavy (non-hydrogen) atoms. The lowest BCUT2D eigenvalue weighted by Crippen LogP contribution is -2.66. The Balaban J connectivity index is 1.76. The number of hydrogen-bond acceptors (Lipinski definition) is 8. The zero-order valence-corrected chi connectivity index (χ0v) is 25.3. The van der Waals surface area contributed by atoms with Gasteiger partial charge in [0.15, 0.2) is 5.78 Å². The number of allylic oxidation sites excluding steroid dienone is 1. The predicted molar refractivity (Wildman–Crippen MR) is 149 cm³/mol. The van der Waals surface area contributed by atoms with Gasteiger partial charge >= 0.3 is 5.97 Å². The Hall–Kier alpha value is -1.87. The normalized spacial score (nSPS) is 42.4. The monoisotopic (exact) mass is 560 g/mol. The standard InChI is InChI=1S/C32H48O8/c1-18(34)40-27(2,3)14-13-24(37)31(8,39)26-21(35)15-29(6)22-11-9-19-20(10-12-23(36)28(19,4)5)32(22,17-33)25(38)16-30(26,29)7/h9,13-14,20-23,26,33,35-36,39H,10-12,15-17H2,1-8H3/b14-13+/t20-,21-,22+,23?,26+,29+,30-,31+,32+/m1/s1. The molecule has 0 bridgehead atoms. The quantitative estimate of drug-likeness (QED) is 0.220. The molecule has 4 rings (SSSR count). The maximum Gasteiger partial charge on any atom is 0.303 e. The van der Waals surface area contributed by atoms with Crippen molar-refractivity contribution in [3.05, 3.63) is 23.8 Å². The lowest BCUT2D eigenvalue weighted by atomic mass is 9.38. The molecule has 4 aliphatic rings. The summed E-state index contributed by atoms with van der Waals surface area (Å²) in [4.78, 5) is 39.3. The second-order valence-corrected chi connectivity index (χ2v) is 14.7. The summed E-state index contributed by atoms with van der Waals surface area (Å²) in [5.74, 6) is -2.70. The van der Waals surface area contributed by atoms with E-state index in [4.69, 9.17) is 4.74 Å². The third kappa shape index (κ3) is 4.19. The molecular formula is C32H48O8. The second kappa shape index (κ2) is 9.58. The minimum atomic E-state index is -2.00. The van der Waals surface area contributed by atoms with Crippen molar-refractivity contribution in [2.45, 2.75) is 111 Å². The van der Waals surface area contributed by atoms with Gasteiger partial charge in [0.05, 0.1) is 24.2 Å². The Morgan fingerprint density at radius 1 is 1.10 bits per heavy atom. The summed E-state index contributed by atoms with van der Waals surface area (Å²) in [5, 5.41) is 45.1. The molecule has 0 saturated heterocycles. The third-order valence-corrected chi connectivity index (χ3v) is 11.7. The Kier molecular flexibility index (Phi) is 7.44. The first-order chi connectivity index (χ1) is 18.2. The fraction of sp³-hybridized carbons (Fsp3) is 0.781. The van der Waals surface area contributed by atoms with Crippen molar-refractivity contribution in [3.8, 4) is 0 Å². The highest BCUT2D eigenvalue weighted by atomic mass is 16.6. The highest BCUT2D eigenvalue weighted by Gasteiger charge is 2.75. The van der Waals surface area contributed by atoms with Gasteiger partial charge in [0.1, 0.15) is 17.0 Å². The molecule has 4 N–H and O–H groups in total. The van der Waals surface area contributed by atoms with Gasteiger partial charge in [-0.1, -0.05) is 39.3 Å². The van der Waals surface area contributed by atoms with Crippen molar-refractivity contribution >= 4 is 17.5 Å². The minimum absolute atomic E-state index is 0.0150. The van der Waals surface area contributed by atoms with Crippen molar-refractivity contribution in [2.24, 2.45) is 39.4 Å². The van der Waals surface area contributed by atoms with Crippen LogP contribution in [0.5, 0.6) is 0 Å². The molecule has 0 aromatic carbocycles. The number of aliphatic hydroxyl groups excluding tert-OH is 3. The summed E-state index contributed by atoms with van der Waals surface area (Å²) in [6.45, 7) is 13.5. The van der Waals surface area contributed by atoms with Crippen LogP contribution < -0.4 is 0 Å². The minimum Gasteiger partial charge on any atom is -0.456 e. The fourth-order valence-corrected chi connectivity index (χ4v) is 9.56. The number of carbonyl (C=O) groups is 3. The lowest BCUT2D eigenvalue weighted by Gasteiger charge is -2.65. The Morgan fingerprint density at radius 3 is 2.30 bits per heavy atom. The number of carbonyl (C=O) groups excluding carboxylic acids is 3. The maximum absolute atomic E-state index is 14.4. The number of ether oxygens (including phenoxy) is 1. The van der Waals surface area contributed by atoms with Gasteiger partial charge < -0.3 is 25.2 Å². The van der Waals surface area contributed by atoms with E-state index < -0.39 is 62.7 Å². The van der Waals surface area contributed by atoms with Crippen molar-refractivity contribution in [3.63, 3.8) is 0 Å². The van der Waals surface area contributed by atoms with Crippen molar-refractivity contribution in [1.82, 2.24) is 0 Å². The van der Waals surface area contributed by atoms with Gasteiger partial charge in [0, 0.05) is 24.7 Å². The van der Waals surface area contributed by atoms with Crippen LogP contribution in [0.3, 0.4) is 0 Å². The van der Waals surface area contributed by atoms with E-state index in [1.807, 2.05) is 27.7 Å². The summed E-state index contributed by atoms with van der Waals surface area (Å²) in [5.41, 5.74) is -5.21. The van der Waals surface area contributed by atoms with Gasteiger partial charge in [0.2, 0.25) is 0 Å². The molecule has 8 nitrogen and oxygen atoms in total. The Morgan fingerprint density at radius 2 is 1.73 bits per heavy atom. The first-order valence-electron chi connectivity index (χ1n) is 14.6. The summed E-state index contributed by atoms with van der Waals surface area (Å²) in [6.07, 6.45) is 5.10. The molecule has 0 amide bonds. The molecule has 8 heteroatoms. The topological polar surface area (TPSA) is 141 Å². The molecule has 9 atom stereocenters. The number of rotatable bonds is 6. The van der Waals surface area contributed by atoms with Crippen LogP contribution in [-0.2, 0) is 19.1 Å². The van der Waals surface area contributed by atoms with Gasteiger partial charge in [-0.3, -0.25) is 14.4 Å². The zero-order chi connectivity index (χ0) is 30.3. The Labute approximate surface area is 237 Å².